The maximum Gasteiger partial charge on any atom is 0.0840 e. The van der Waals surface area contributed by atoms with E-state index in [4.69, 9.17) is 0 Å². The van der Waals surface area contributed by atoms with E-state index in [-0.39, 0.29) is 0 Å². The van der Waals surface area contributed by atoms with Crippen LogP contribution >= 0.6 is 0 Å². The van der Waals surface area contributed by atoms with Crippen LogP contribution in [0.15, 0.2) is 24.3 Å². The van der Waals surface area contributed by atoms with Gasteiger partial charge >= 0.3 is 0 Å². The summed E-state index contributed by atoms with van der Waals surface area (Å²) in [5.74, 6) is 0. The van der Waals surface area contributed by atoms with E-state index in [0.717, 1.165) is 5.56 Å². The molecule has 0 bridgehead atoms. The standard InChI is InChI=1S/C13H22OSi/c1-13(2,14)12-8-6-11(7-9-12)10-15(3,4)5/h6-9,14H,10H2,1-5H3. The van der Waals surface area contributed by atoms with Crippen LogP contribution in [0.3, 0.4) is 0 Å². The fourth-order valence-electron chi connectivity index (χ4n) is 1.64. The number of aliphatic hydroxyl groups is 1. The first-order valence-corrected chi connectivity index (χ1v) is 9.21. The maximum absolute atomic E-state index is 9.82. The van der Waals surface area contributed by atoms with Gasteiger partial charge in [0, 0.05) is 8.07 Å². The van der Waals surface area contributed by atoms with Crippen molar-refractivity contribution < 1.29 is 5.11 Å². The molecule has 2 heteroatoms. The second kappa shape index (κ2) is 4.10. The second-order valence-corrected chi connectivity index (χ2v) is 11.5. The van der Waals surface area contributed by atoms with E-state index in [1.165, 1.54) is 11.6 Å². The lowest BCUT2D eigenvalue weighted by Crippen LogP contribution is -2.24. The van der Waals surface area contributed by atoms with Gasteiger partial charge < -0.3 is 5.11 Å². The van der Waals surface area contributed by atoms with E-state index < -0.39 is 13.7 Å². The molecule has 1 aromatic rings. The number of hydrogen-bond acceptors (Lipinski definition) is 1. The molecule has 0 fully saturated rings. The molecule has 0 atom stereocenters. The molecule has 0 heterocycles. The van der Waals surface area contributed by atoms with Gasteiger partial charge in [-0.25, -0.2) is 0 Å². The fraction of sp³-hybridized carbons (Fsp3) is 0.538. The maximum atomic E-state index is 9.82. The molecule has 1 N–H and O–H groups in total. The van der Waals surface area contributed by atoms with Crippen LogP contribution < -0.4 is 0 Å². The van der Waals surface area contributed by atoms with Crippen molar-refractivity contribution in [3.8, 4) is 0 Å². The molecule has 1 aromatic carbocycles. The molecule has 0 aliphatic heterocycles. The van der Waals surface area contributed by atoms with Gasteiger partial charge in [-0.3, -0.25) is 0 Å². The van der Waals surface area contributed by atoms with Gasteiger partial charge in [0.25, 0.3) is 0 Å². The Kier molecular flexibility index (Phi) is 3.41. The van der Waals surface area contributed by atoms with Crippen molar-refractivity contribution >= 4 is 8.07 Å². The molecule has 0 saturated carbocycles. The quantitative estimate of drug-likeness (QED) is 0.778. The van der Waals surface area contributed by atoms with Crippen molar-refractivity contribution in [2.75, 3.05) is 0 Å². The lowest BCUT2D eigenvalue weighted by molar-refractivity contribution is 0.0786. The summed E-state index contributed by atoms with van der Waals surface area (Å²) in [5.41, 5.74) is 1.65. The fourth-order valence-corrected chi connectivity index (χ4v) is 3.10. The molecule has 84 valence electrons. The van der Waals surface area contributed by atoms with Crippen LogP contribution in [0, 0.1) is 0 Å². The first kappa shape index (κ1) is 12.5. The molecule has 0 spiro atoms. The average molecular weight is 222 g/mol. The summed E-state index contributed by atoms with van der Waals surface area (Å²) in [6.45, 7) is 10.8. The van der Waals surface area contributed by atoms with Crippen molar-refractivity contribution in [2.24, 2.45) is 0 Å². The third kappa shape index (κ3) is 4.18. The van der Waals surface area contributed by atoms with Crippen molar-refractivity contribution in [1.82, 2.24) is 0 Å². The summed E-state index contributed by atoms with van der Waals surface area (Å²) in [6.07, 6.45) is 0. The first-order chi connectivity index (χ1) is 6.68. The zero-order valence-electron chi connectivity index (χ0n) is 10.5. The molecular formula is C13H22OSi. The summed E-state index contributed by atoms with van der Waals surface area (Å²) in [5, 5.41) is 9.82. The van der Waals surface area contributed by atoms with Crippen LogP contribution in [-0.2, 0) is 11.6 Å². The van der Waals surface area contributed by atoms with Gasteiger partial charge in [-0.05, 0) is 25.5 Å². The molecule has 15 heavy (non-hydrogen) atoms. The Morgan fingerprint density at radius 1 is 1.07 bits per heavy atom. The Balaban J connectivity index is 2.82. The molecular weight excluding hydrogens is 200 g/mol. The molecule has 0 aliphatic rings. The molecule has 0 saturated heterocycles. The molecule has 0 radical (unpaired) electrons. The van der Waals surface area contributed by atoms with E-state index in [1.54, 1.807) is 0 Å². The Bertz CT molecular complexity index is 314. The number of benzene rings is 1. The van der Waals surface area contributed by atoms with Crippen molar-refractivity contribution in [3.05, 3.63) is 35.4 Å². The summed E-state index contributed by atoms with van der Waals surface area (Å²) in [6, 6.07) is 9.57. The SMILES string of the molecule is CC(C)(O)c1ccc(C[Si](C)(C)C)cc1. The highest BCUT2D eigenvalue weighted by molar-refractivity contribution is 6.75. The normalized spacial score (nSPS) is 12.9. The lowest BCUT2D eigenvalue weighted by atomic mass is 9.98. The van der Waals surface area contributed by atoms with Gasteiger partial charge in [0.2, 0.25) is 0 Å². The Morgan fingerprint density at radius 2 is 1.53 bits per heavy atom. The molecule has 0 amide bonds. The van der Waals surface area contributed by atoms with Crippen molar-refractivity contribution in [2.45, 2.75) is 45.1 Å². The van der Waals surface area contributed by atoms with Crippen molar-refractivity contribution in [3.63, 3.8) is 0 Å². The van der Waals surface area contributed by atoms with Gasteiger partial charge in [-0.15, -0.1) is 0 Å². The van der Waals surface area contributed by atoms with E-state index in [9.17, 15) is 5.11 Å². The third-order valence-electron chi connectivity index (χ3n) is 2.39. The topological polar surface area (TPSA) is 20.2 Å². The van der Waals surface area contributed by atoms with Gasteiger partial charge in [-0.1, -0.05) is 49.5 Å². The van der Waals surface area contributed by atoms with E-state index >= 15 is 0 Å². The average Bonchev–Trinajstić information content (AvgIpc) is 2.00. The highest BCUT2D eigenvalue weighted by atomic mass is 28.3. The van der Waals surface area contributed by atoms with Gasteiger partial charge in [0.05, 0.1) is 5.60 Å². The third-order valence-corrected chi connectivity index (χ3v) is 3.86. The Hall–Kier alpha value is -0.603. The van der Waals surface area contributed by atoms with Crippen LogP contribution in [0.25, 0.3) is 0 Å². The Labute approximate surface area is 94.2 Å². The number of rotatable bonds is 3. The number of hydrogen-bond donors (Lipinski definition) is 1. The van der Waals surface area contributed by atoms with Gasteiger partial charge in [0.15, 0.2) is 0 Å². The lowest BCUT2D eigenvalue weighted by Gasteiger charge is -2.19. The first-order valence-electron chi connectivity index (χ1n) is 5.50. The van der Waals surface area contributed by atoms with Crippen LogP contribution in [0.4, 0.5) is 0 Å². The summed E-state index contributed by atoms with van der Waals surface area (Å²) < 4.78 is 0. The highest BCUT2D eigenvalue weighted by Crippen LogP contribution is 2.21. The summed E-state index contributed by atoms with van der Waals surface area (Å²) in [7, 11) is -1.02. The summed E-state index contributed by atoms with van der Waals surface area (Å²) >= 11 is 0. The van der Waals surface area contributed by atoms with Crippen molar-refractivity contribution in [1.29, 1.82) is 0 Å². The van der Waals surface area contributed by atoms with Crippen LogP contribution in [-0.4, -0.2) is 13.2 Å². The molecule has 1 nitrogen and oxygen atoms in total. The molecule has 0 unspecified atom stereocenters. The molecule has 0 aliphatic carbocycles. The second-order valence-electron chi connectivity index (χ2n) is 5.99. The van der Waals surface area contributed by atoms with E-state index in [2.05, 4.69) is 31.8 Å². The van der Waals surface area contributed by atoms with Crippen LogP contribution in [0.2, 0.25) is 19.6 Å². The van der Waals surface area contributed by atoms with Crippen LogP contribution in [0.5, 0.6) is 0 Å². The largest absolute Gasteiger partial charge is 0.386 e. The zero-order chi connectivity index (χ0) is 11.7. The monoisotopic (exact) mass is 222 g/mol. The molecule has 1 rings (SSSR count). The van der Waals surface area contributed by atoms with Crippen LogP contribution in [0.1, 0.15) is 25.0 Å². The molecule has 0 aromatic heterocycles. The zero-order valence-corrected chi connectivity index (χ0v) is 11.5. The van der Waals surface area contributed by atoms with Gasteiger partial charge in [0.1, 0.15) is 0 Å². The Morgan fingerprint density at radius 3 is 1.87 bits per heavy atom. The van der Waals surface area contributed by atoms with E-state index in [0.29, 0.717) is 0 Å². The smallest absolute Gasteiger partial charge is 0.0840 e. The minimum atomic E-state index is -1.02. The predicted molar refractivity (Wildman–Crippen MR) is 68.7 cm³/mol. The van der Waals surface area contributed by atoms with E-state index in [1.807, 2.05) is 26.0 Å². The minimum absolute atomic E-state index is 0.725. The highest BCUT2D eigenvalue weighted by Gasteiger charge is 2.17. The summed E-state index contributed by atoms with van der Waals surface area (Å²) in [4.78, 5) is 0. The minimum Gasteiger partial charge on any atom is -0.386 e. The predicted octanol–water partition coefficient (Wildman–Crippen LogP) is 3.33. The van der Waals surface area contributed by atoms with Gasteiger partial charge in [-0.2, -0.15) is 0 Å².